The van der Waals surface area contributed by atoms with Crippen molar-refractivity contribution < 1.29 is 16.8 Å². The summed E-state index contributed by atoms with van der Waals surface area (Å²) in [6, 6.07) is -0.0931. The Morgan fingerprint density at radius 3 is 2.43 bits per heavy atom. The number of rotatable bonds is 8. The lowest BCUT2D eigenvalue weighted by Gasteiger charge is -2.33. The van der Waals surface area contributed by atoms with E-state index in [2.05, 4.69) is 5.32 Å². The lowest BCUT2D eigenvalue weighted by atomic mass is 9.93. The highest BCUT2D eigenvalue weighted by Gasteiger charge is 2.28. The van der Waals surface area contributed by atoms with Gasteiger partial charge in [0, 0.05) is 25.4 Å². The zero-order valence-corrected chi connectivity index (χ0v) is 14.8. The maximum absolute atomic E-state index is 11.6. The van der Waals surface area contributed by atoms with Gasteiger partial charge in [0.2, 0.25) is 10.0 Å². The van der Waals surface area contributed by atoms with Gasteiger partial charge in [-0.3, -0.25) is 0 Å². The lowest BCUT2D eigenvalue weighted by Crippen LogP contribution is -2.43. The highest BCUT2D eigenvalue weighted by molar-refractivity contribution is 7.90. The first-order valence-electron chi connectivity index (χ1n) is 7.48. The topological polar surface area (TPSA) is 83.6 Å². The number of sulfone groups is 1. The Balaban J connectivity index is 2.64. The van der Waals surface area contributed by atoms with Crippen LogP contribution in [0.2, 0.25) is 0 Å². The molecule has 0 aliphatic carbocycles. The minimum atomic E-state index is -3.15. The van der Waals surface area contributed by atoms with Crippen molar-refractivity contribution in [2.45, 2.75) is 38.6 Å². The largest absolute Gasteiger partial charge is 0.313 e. The van der Waals surface area contributed by atoms with Crippen molar-refractivity contribution in [3.63, 3.8) is 0 Å². The fourth-order valence-corrected chi connectivity index (χ4v) is 4.77. The number of nitrogens with one attached hydrogen (secondary N) is 1. The van der Waals surface area contributed by atoms with Gasteiger partial charge in [0.25, 0.3) is 0 Å². The summed E-state index contributed by atoms with van der Waals surface area (Å²) in [5, 5.41) is 3.28. The second-order valence-corrected chi connectivity index (χ2v) is 10.3. The van der Waals surface area contributed by atoms with Gasteiger partial charge in [-0.05, 0) is 38.1 Å². The van der Waals surface area contributed by atoms with Crippen LogP contribution in [0.3, 0.4) is 0 Å². The highest BCUT2D eigenvalue weighted by atomic mass is 32.2. The van der Waals surface area contributed by atoms with E-state index in [-0.39, 0.29) is 17.7 Å². The maximum Gasteiger partial charge on any atom is 0.211 e. The highest BCUT2D eigenvalue weighted by Crippen LogP contribution is 2.23. The van der Waals surface area contributed by atoms with E-state index >= 15 is 0 Å². The molecule has 1 rings (SSSR count). The Morgan fingerprint density at radius 1 is 1.24 bits per heavy atom. The molecule has 0 aromatic carbocycles. The Bertz CT molecular complexity index is 516. The molecule has 0 saturated carbocycles. The van der Waals surface area contributed by atoms with E-state index in [9.17, 15) is 16.8 Å². The van der Waals surface area contributed by atoms with E-state index in [1.807, 2.05) is 6.92 Å². The zero-order chi connectivity index (χ0) is 16.1. The molecule has 0 aromatic rings. The van der Waals surface area contributed by atoms with Crippen LogP contribution in [0.25, 0.3) is 0 Å². The molecule has 126 valence electrons. The van der Waals surface area contributed by atoms with E-state index in [1.54, 1.807) is 0 Å². The Kier molecular flexibility index (Phi) is 7.09. The molecule has 1 aliphatic rings. The summed E-state index contributed by atoms with van der Waals surface area (Å²) in [4.78, 5) is 0. The molecule has 8 heteroatoms. The fraction of sp³-hybridized carbons (Fsp3) is 1.00. The molecule has 0 bridgehead atoms. The molecule has 1 fully saturated rings. The second kappa shape index (κ2) is 7.89. The van der Waals surface area contributed by atoms with Crippen LogP contribution >= 0.6 is 0 Å². The first-order valence-corrected chi connectivity index (χ1v) is 11.4. The molecule has 0 spiro atoms. The van der Waals surface area contributed by atoms with Gasteiger partial charge in [-0.1, -0.05) is 6.92 Å². The SMILES string of the molecule is CCCNC(CC1CCCN(S(C)(=O)=O)C1)CS(C)(=O)=O. The van der Waals surface area contributed by atoms with E-state index in [0.29, 0.717) is 19.5 Å². The first kappa shape index (κ1) is 18.9. The summed E-state index contributed by atoms with van der Waals surface area (Å²) in [6.07, 6.45) is 5.94. The number of hydrogen-bond acceptors (Lipinski definition) is 5. The number of sulfonamides is 1. The van der Waals surface area contributed by atoms with Crippen LogP contribution in [-0.2, 0) is 19.9 Å². The van der Waals surface area contributed by atoms with Gasteiger partial charge in [-0.15, -0.1) is 0 Å². The molecule has 1 heterocycles. The molecular weight excluding hydrogens is 312 g/mol. The van der Waals surface area contributed by atoms with Gasteiger partial charge in [0.15, 0.2) is 0 Å². The Labute approximate surface area is 129 Å². The maximum atomic E-state index is 11.6. The molecule has 2 unspecified atom stereocenters. The summed E-state index contributed by atoms with van der Waals surface area (Å²) in [6.45, 7) is 3.90. The summed E-state index contributed by atoms with van der Waals surface area (Å²) in [5.41, 5.74) is 0. The van der Waals surface area contributed by atoms with Crippen LogP contribution in [0.5, 0.6) is 0 Å². The summed E-state index contributed by atoms with van der Waals surface area (Å²) in [7, 11) is -6.19. The molecule has 0 amide bonds. The summed E-state index contributed by atoms with van der Waals surface area (Å²) >= 11 is 0. The van der Waals surface area contributed by atoms with Gasteiger partial charge >= 0.3 is 0 Å². The fourth-order valence-electron chi connectivity index (χ4n) is 2.85. The molecule has 1 N–H and O–H groups in total. The molecule has 0 radical (unpaired) electrons. The van der Waals surface area contributed by atoms with Gasteiger partial charge < -0.3 is 5.32 Å². The van der Waals surface area contributed by atoms with Crippen LogP contribution in [0, 0.1) is 5.92 Å². The number of hydrogen-bond donors (Lipinski definition) is 1. The van der Waals surface area contributed by atoms with E-state index < -0.39 is 19.9 Å². The standard InChI is InChI=1S/C13H28N2O4S2/c1-4-7-14-13(11-20(2,16)17)9-12-6-5-8-15(10-12)21(3,18)19/h12-14H,4-11H2,1-3H3. The summed E-state index contributed by atoms with van der Waals surface area (Å²) < 4.78 is 47.8. The minimum Gasteiger partial charge on any atom is -0.313 e. The van der Waals surface area contributed by atoms with Crippen molar-refractivity contribution >= 4 is 19.9 Å². The van der Waals surface area contributed by atoms with Gasteiger partial charge in [0.1, 0.15) is 9.84 Å². The second-order valence-electron chi connectivity index (χ2n) is 6.11. The third-order valence-electron chi connectivity index (χ3n) is 3.76. The van der Waals surface area contributed by atoms with Crippen molar-refractivity contribution in [2.24, 2.45) is 5.92 Å². The van der Waals surface area contributed by atoms with Crippen LogP contribution in [0.1, 0.15) is 32.6 Å². The van der Waals surface area contributed by atoms with E-state index in [4.69, 9.17) is 0 Å². The van der Waals surface area contributed by atoms with Gasteiger partial charge in [0.05, 0.1) is 12.0 Å². The molecule has 1 aliphatic heterocycles. The Hall–Kier alpha value is -0.180. The van der Waals surface area contributed by atoms with Crippen molar-refractivity contribution in [1.29, 1.82) is 0 Å². The third kappa shape index (κ3) is 7.58. The quantitative estimate of drug-likeness (QED) is 0.694. The minimum absolute atomic E-state index is 0.0931. The average molecular weight is 341 g/mol. The van der Waals surface area contributed by atoms with E-state index in [1.165, 1.54) is 16.8 Å². The first-order chi connectivity index (χ1) is 9.62. The van der Waals surface area contributed by atoms with Crippen LogP contribution < -0.4 is 5.32 Å². The van der Waals surface area contributed by atoms with E-state index in [0.717, 1.165) is 25.8 Å². The third-order valence-corrected chi connectivity index (χ3v) is 6.03. The molecule has 6 nitrogen and oxygen atoms in total. The molecule has 0 aromatic heterocycles. The predicted octanol–water partition coefficient (Wildman–Crippen LogP) is 0.461. The summed E-state index contributed by atoms with van der Waals surface area (Å²) in [5.74, 6) is 0.340. The van der Waals surface area contributed by atoms with Crippen LogP contribution in [0.4, 0.5) is 0 Å². The lowest BCUT2D eigenvalue weighted by molar-refractivity contribution is 0.241. The normalized spacial score (nSPS) is 23.1. The van der Waals surface area contributed by atoms with Crippen LogP contribution in [-0.4, -0.2) is 65.1 Å². The monoisotopic (exact) mass is 340 g/mol. The molecule has 2 atom stereocenters. The zero-order valence-electron chi connectivity index (χ0n) is 13.2. The van der Waals surface area contributed by atoms with Crippen LogP contribution in [0.15, 0.2) is 0 Å². The number of nitrogens with zero attached hydrogens (tertiary/aromatic N) is 1. The van der Waals surface area contributed by atoms with Crippen molar-refractivity contribution in [3.05, 3.63) is 0 Å². The average Bonchev–Trinajstić information content (AvgIpc) is 2.33. The van der Waals surface area contributed by atoms with Crippen molar-refractivity contribution in [3.8, 4) is 0 Å². The van der Waals surface area contributed by atoms with Crippen molar-refractivity contribution in [2.75, 3.05) is 37.9 Å². The Morgan fingerprint density at radius 2 is 1.90 bits per heavy atom. The predicted molar refractivity (Wildman–Crippen MR) is 85.6 cm³/mol. The van der Waals surface area contributed by atoms with Crippen molar-refractivity contribution in [1.82, 2.24) is 9.62 Å². The number of piperidine rings is 1. The molecule has 1 saturated heterocycles. The molecule has 21 heavy (non-hydrogen) atoms. The smallest absolute Gasteiger partial charge is 0.211 e. The molecular formula is C13H28N2O4S2. The van der Waals surface area contributed by atoms with Gasteiger partial charge in [-0.2, -0.15) is 0 Å². The van der Waals surface area contributed by atoms with Gasteiger partial charge in [-0.25, -0.2) is 21.1 Å².